The van der Waals surface area contributed by atoms with Gasteiger partial charge in [0.2, 0.25) is 5.91 Å². The molecule has 2 aromatic carbocycles. The maximum atomic E-state index is 13.7. The number of alkyl halides is 3. The van der Waals surface area contributed by atoms with Crippen LogP contribution in [0.2, 0.25) is 0 Å². The summed E-state index contributed by atoms with van der Waals surface area (Å²) in [6.07, 6.45) is -5.54. The molecule has 0 atom stereocenters. The number of rotatable bonds is 5. The second-order valence-corrected chi connectivity index (χ2v) is 8.52. The minimum absolute atomic E-state index is 0.0545. The first-order valence-corrected chi connectivity index (χ1v) is 10.6. The molecule has 0 radical (unpaired) electrons. The Bertz CT molecular complexity index is 960. The summed E-state index contributed by atoms with van der Waals surface area (Å²) in [6, 6.07) is 11.1. The number of carbonyl (C=O) groups excluding carboxylic acids is 1. The molecule has 166 valence electrons. The standard InChI is InChI=1S/C21H21F3IN3O3/c22-21(23,24)18-12-17(26-19(29)11-14-2-1-3-16(25)10-14)5-4-15(18)13-27-6-8-28(9-7-27)20(30)31/h1-5,10,12H,6-9,11,13H2,(H,26,29)(H,30,31). The molecular formula is C21H21F3IN3O3. The summed E-state index contributed by atoms with van der Waals surface area (Å²) in [5, 5.41) is 11.5. The van der Waals surface area contributed by atoms with Gasteiger partial charge in [-0.1, -0.05) is 18.2 Å². The van der Waals surface area contributed by atoms with E-state index in [-0.39, 0.29) is 37.3 Å². The van der Waals surface area contributed by atoms with Crippen LogP contribution in [0.5, 0.6) is 0 Å². The lowest BCUT2D eigenvalue weighted by atomic mass is 10.0. The van der Waals surface area contributed by atoms with Crippen molar-refractivity contribution in [2.45, 2.75) is 19.1 Å². The van der Waals surface area contributed by atoms with Gasteiger partial charge in [-0.15, -0.1) is 0 Å². The number of nitrogens with zero attached hydrogens (tertiary/aromatic N) is 2. The Morgan fingerprint density at radius 3 is 2.39 bits per heavy atom. The molecule has 0 aromatic heterocycles. The van der Waals surface area contributed by atoms with Gasteiger partial charge in [0.1, 0.15) is 0 Å². The smallest absolute Gasteiger partial charge is 0.416 e. The van der Waals surface area contributed by atoms with Gasteiger partial charge in [-0.05, 0) is 58.0 Å². The molecule has 6 nitrogen and oxygen atoms in total. The molecule has 1 saturated heterocycles. The van der Waals surface area contributed by atoms with Gasteiger partial charge in [0.15, 0.2) is 0 Å². The minimum Gasteiger partial charge on any atom is -0.465 e. The zero-order chi connectivity index (χ0) is 22.6. The van der Waals surface area contributed by atoms with E-state index in [0.717, 1.165) is 15.2 Å². The average molecular weight is 547 g/mol. The van der Waals surface area contributed by atoms with Crippen LogP contribution in [0.1, 0.15) is 16.7 Å². The molecule has 2 amide bonds. The highest BCUT2D eigenvalue weighted by Crippen LogP contribution is 2.34. The van der Waals surface area contributed by atoms with E-state index in [1.165, 1.54) is 17.0 Å². The molecule has 10 heteroatoms. The fourth-order valence-corrected chi connectivity index (χ4v) is 4.04. The van der Waals surface area contributed by atoms with Gasteiger partial charge in [0.25, 0.3) is 0 Å². The van der Waals surface area contributed by atoms with Crippen molar-refractivity contribution in [2.75, 3.05) is 31.5 Å². The highest BCUT2D eigenvalue weighted by atomic mass is 127. The summed E-state index contributed by atoms with van der Waals surface area (Å²) in [5.74, 6) is -0.396. The maximum absolute atomic E-state index is 13.7. The van der Waals surface area contributed by atoms with E-state index in [9.17, 15) is 22.8 Å². The number of carboxylic acid groups (broad SMARTS) is 1. The van der Waals surface area contributed by atoms with E-state index in [1.807, 2.05) is 18.2 Å². The van der Waals surface area contributed by atoms with Crippen molar-refractivity contribution in [3.63, 3.8) is 0 Å². The Morgan fingerprint density at radius 2 is 1.77 bits per heavy atom. The van der Waals surface area contributed by atoms with Crippen LogP contribution in [0.25, 0.3) is 0 Å². The molecular weight excluding hydrogens is 526 g/mol. The van der Waals surface area contributed by atoms with Crippen molar-refractivity contribution >= 4 is 40.3 Å². The summed E-state index contributed by atoms with van der Waals surface area (Å²) in [7, 11) is 0. The van der Waals surface area contributed by atoms with Crippen LogP contribution in [0.4, 0.5) is 23.7 Å². The first-order chi connectivity index (χ1) is 14.6. The van der Waals surface area contributed by atoms with Gasteiger partial charge < -0.3 is 15.3 Å². The highest BCUT2D eigenvalue weighted by Gasteiger charge is 2.34. The van der Waals surface area contributed by atoms with Crippen LogP contribution in [0.3, 0.4) is 0 Å². The van der Waals surface area contributed by atoms with Crippen LogP contribution >= 0.6 is 22.6 Å². The van der Waals surface area contributed by atoms with Crippen LogP contribution in [0.15, 0.2) is 42.5 Å². The molecule has 0 spiro atoms. The molecule has 1 aliphatic heterocycles. The van der Waals surface area contributed by atoms with Gasteiger partial charge in [0, 0.05) is 42.0 Å². The van der Waals surface area contributed by atoms with Gasteiger partial charge >= 0.3 is 12.3 Å². The minimum atomic E-state index is -4.57. The van der Waals surface area contributed by atoms with Crippen molar-refractivity contribution in [3.05, 3.63) is 62.7 Å². The molecule has 31 heavy (non-hydrogen) atoms. The Hall–Kier alpha value is -2.34. The highest BCUT2D eigenvalue weighted by molar-refractivity contribution is 14.1. The number of anilines is 1. The topological polar surface area (TPSA) is 72.9 Å². The molecule has 0 aliphatic carbocycles. The second kappa shape index (κ2) is 9.86. The lowest BCUT2D eigenvalue weighted by Crippen LogP contribution is -2.47. The summed E-state index contributed by atoms with van der Waals surface area (Å²) >= 11 is 2.13. The average Bonchev–Trinajstić information content (AvgIpc) is 2.68. The molecule has 1 aliphatic rings. The fourth-order valence-electron chi connectivity index (χ4n) is 3.43. The van der Waals surface area contributed by atoms with Crippen molar-refractivity contribution in [1.82, 2.24) is 9.80 Å². The van der Waals surface area contributed by atoms with E-state index in [4.69, 9.17) is 5.11 Å². The summed E-state index contributed by atoms with van der Waals surface area (Å²) in [6.45, 7) is 1.28. The predicted octanol–water partition coefficient (Wildman–Crippen LogP) is 4.29. The molecule has 2 N–H and O–H groups in total. The first-order valence-electron chi connectivity index (χ1n) is 9.56. The summed E-state index contributed by atoms with van der Waals surface area (Å²) < 4.78 is 42.0. The number of amides is 2. The number of piperazine rings is 1. The number of carbonyl (C=O) groups is 2. The third-order valence-corrected chi connectivity index (χ3v) is 5.66. The molecule has 1 fully saturated rings. The van der Waals surface area contributed by atoms with Gasteiger partial charge in [0.05, 0.1) is 12.0 Å². The molecule has 0 unspecified atom stereocenters. The fraction of sp³-hybridized carbons (Fsp3) is 0.333. The van der Waals surface area contributed by atoms with Crippen molar-refractivity contribution in [3.8, 4) is 0 Å². The third-order valence-electron chi connectivity index (χ3n) is 4.99. The quantitative estimate of drug-likeness (QED) is 0.549. The van der Waals surface area contributed by atoms with Gasteiger partial charge in [-0.3, -0.25) is 9.69 Å². The Labute approximate surface area is 191 Å². The number of benzene rings is 2. The summed E-state index contributed by atoms with van der Waals surface area (Å²) in [5.41, 5.74) is 0.145. The van der Waals surface area contributed by atoms with E-state index in [1.54, 1.807) is 11.0 Å². The van der Waals surface area contributed by atoms with Crippen LogP contribution < -0.4 is 5.32 Å². The second-order valence-electron chi connectivity index (χ2n) is 7.27. The lowest BCUT2D eigenvalue weighted by Gasteiger charge is -2.33. The van der Waals surface area contributed by atoms with E-state index < -0.39 is 23.7 Å². The lowest BCUT2D eigenvalue weighted by molar-refractivity contribution is -0.138. The Morgan fingerprint density at radius 1 is 1.06 bits per heavy atom. The van der Waals surface area contributed by atoms with Crippen LogP contribution in [-0.2, 0) is 23.9 Å². The van der Waals surface area contributed by atoms with Gasteiger partial charge in [-0.2, -0.15) is 13.2 Å². The van der Waals surface area contributed by atoms with Crippen LogP contribution in [0, 0.1) is 3.57 Å². The predicted molar refractivity (Wildman–Crippen MR) is 118 cm³/mol. The largest absolute Gasteiger partial charge is 0.465 e. The molecule has 1 heterocycles. The maximum Gasteiger partial charge on any atom is 0.416 e. The number of nitrogens with one attached hydrogen (secondary N) is 1. The van der Waals surface area contributed by atoms with Gasteiger partial charge in [-0.25, -0.2) is 4.79 Å². The Kier molecular flexibility index (Phi) is 7.42. The van der Waals surface area contributed by atoms with E-state index >= 15 is 0 Å². The SMILES string of the molecule is O=C(Cc1cccc(I)c1)Nc1ccc(CN2CCN(C(=O)O)CC2)c(C(F)(F)F)c1. The number of hydrogen-bond donors (Lipinski definition) is 2. The molecule has 3 rings (SSSR count). The van der Waals surface area contributed by atoms with Crippen molar-refractivity contribution < 1.29 is 27.9 Å². The number of halogens is 4. The van der Waals surface area contributed by atoms with Crippen molar-refractivity contribution in [2.24, 2.45) is 0 Å². The van der Waals surface area contributed by atoms with Crippen LogP contribution in [-0.4, -0.2) is 53.1 Å². The number of hydrogen-bond acceptors (Lipinski definition) is 3. The Balaban J connectivity index is 1.70. The third kappa shape index (κ3) is 6.57. The summed E-state index contributed by atoms with van der Waals surface area (Å²) in [4.78, 5) is 26.3. The van der Waals surface area contributed by atoms with Crippen molar-refractivity contribution in [1.29, 1.82) is 0 Å². The molecule has 0 saturated carbocycles. The van der Waals surface area contributed by atoms with E-state index in [2.05, 4.69) is 27.9 Å². The zero-order valence-electron chi connectivity index (χ0n) is 16.5. The monoisotopic (exact) mass is 547 g/mol. The molecule has 2 aromatic rings. The van der Waals surface area contributed by atoms with E-state index in [0.29, 0.717) is 13.1 Å². The normalized spacial score (nSPS) is 15.0. The molecule has 0 bridgehead atoms. The zero-order valence-corrected chi connectivity index (χ0v) is 18.6. The first kappa shape index (κ1) is 23.3.